The molecule has 0 amide bonds. The molecule has 1 aliphatic carbocycles. The zero-order valence-electron chi connectivity index (χ0n) is 10.1. The molecule has 0 heterocycles. The number of para-hydroxylation sites is 1. The molecule has 18 heavy (non-hydrogen) atoms. The predicted molar refractivity (Wildman–Crippen MR) is 69.7 cm³/mol. The van der Waals surface area contributed by atoms with Crippen LogP contribution in [0.1, 0.15) is 25.7 Å². The fourth-order valence-electron chi connectivity index (χ4n) is 2.01. The van der Waals surface area contributed by atoms with Crippen LogP contribution >= 0.6 is 0 Å². The van der Waals surface area contributed by atoms with Crippen molar-refractivity contribution >= 4 is 15.7 Å². The molecular weight excluding hydrogens is 252 g/mol. The highest BCUT2D eigenvalue weighted by atomic mass is 32.2. The van der Waals surface area contributed by atoms with Gasteiger partial charge in [0.25, 0.3) is 0 Å². The Hall–Kier alpha value is -1.27. The third kappa shape index (κ3) is 2.94. The Balaban J connectivity index is 2.03. The topological polar surface area (TPSA) is 95.4 Å². The van der Waals surface area contributed by atoms with Gasteiger partial charge in [0.1, 0.15) is 10.6 Å². The van der Waals surface area contributed by atoms with Crippen molar-refractivity contribution < 1.29 is 13.2 Å². The average Bonchev–Trinajstić information content (AvgIpc) is 2.22. The van der Waals surface area contributed by atoms with E-state index in [1.165, 1.54) is 25.3 Å². The van der Waals surface area contributed by atoms with E-state index in [0.717, 1.165) is 12.3 Å². The lowest BCUT2D eigenvalue weighted by atomic mass is 9.83. The molecule has 6 heteroatoms. The molecule has 100 valence electrons. The highest BCUT2D eigenvalue weighted by Gasteiger charge is 2.18. The number of nitrogen functional groups attached to an aromatic ring is 1. The Labute approximate surface area is 107 Å². The minimum Gasteiger partial charge on any atom is -0.491 e. The second-order valence-electron chi connectivity index (χ2n) is 4.65. The fourth-order valence-corrected chi connectivity index (χ4v) is 2.69. The average molecular weight is 270 g/mol. The standard InChI is InChI=1S/C12H18N2O3S/c13-12-10(17-8-7-9-3-1-4-9)5-2-6-11(12)18(14,15)16/h2,5-6,9H,1,3-4,7-8,13H2,(H2,14,15,16). The van der Waals surface area contributed by atoms with Crippen molar-refractivity contribution in [2.45, 2.75) is 30.6 Å². The van der Waals surface area contributed by atoms with Crippen molar-refractivity contribution in [3.63, 3.8) is 0 Å². The lowest BCUT2D eigenvalue weighted by Gasteiger charge is -2.25. The van der Waals surface area contributed by atoms with Gasteiger partial charge in [0.2, 0.25) is 10.0 Å². The van der Waals surface area contributed by atoms with Crippen molar-refractivity contribution in [2.24, 2.45) is 11.1 Å². The molecule has 0 radical (unpaired) electrons. The Bertz CT molecular complexity index is 524. The quantitative estimate of drug-likeness (QED) is 0.792. The predicted octanol–water partition coefficient (Wildman–Crippen LogP) is 1.49. The minimum absolute atomic E-state index is 0.0800. The van der Waals surface area contributed by atoms with Gasteiger partial charge in [0, 0.05) is 0 Å². The first-order valence-corrected chi connectivity index (χ1v) is 7.57. The van der Waals surface area contributed by atoms with E-state index in [0.29, 0.717) is 12.4 Å². The SMILES string of the molecule is Nc1c(OCCC2CCC2)cccc1S(N)(=O)=O. The summed E-state index contributed by atoms with van der Waals surface area (Å²) in [4.78, 5) is -0.0800. The van der Waals surface area contributed by atoms with Crippen LogP contribution in [0.25, 0.3) is 0 Å². The van der Waals surface area contributed by atoms with Crippen molar-refractivity contribution in [2.75, 3.05) is 12.3 Å². The molecule has 1 saturated carbocycles. The van der Waals surface area contributed by atoms with Gasteiger partial charge >= 0.3 is 0 Å². The van der Waals surface area contributed by atoms with Crippen molar-refractivity contribution in [1.29, 1.82) is 0 Å². The number of hydrogen-bond donors (Lipinski definition) is 2. The third-order valence-electron chi connectivity index (χ3n) is 3.34. The molecule has 0 atom stereocenters. The van der Waals surface area contributed by atoms with Gasteiger partial charge in [-0.3, -0.25) is 0 Å². The number of benzene rings is 1. The molecule has 0 bridgehead atoms. The van der Waals surface area contributed by atoms with Crippen LogP contribution < -0.4 is 15.6 Å². The van der Waals surface area contributed by atoms with E-state index < -0.39 is 10.0 Å². The second kappa shape index (κ2) is 5.16. The first-order chi connectivity index (χ1) is 8.48. The summed E-state index contributed by atoms with van der Waals surface area (Å²) < 4.78 is 28.1. The first kappa shape index (κ1) is 13.2. The van der Waals surface area contributed by atoms with E-state index in [9.17, 15) is 8.42 Å². The molecule has 4 N–H and O–H groups in total. The van der Waals surface area contributed by atoms with E-state index in [1.54, 1.807) is 12.1 Å². The van der Waals surface area contributed by atoms with E-state index in [1.807, 2.05) is 0 Å². The number of anilines is 1. The Morgan fingerprint density at radius 3 is 2.61 bits per heavy atom. The maximum absolute atomic E-state index is 11.3. The summed E-state index contributed by atoms with van der Waals surface area (Å²) in [6.07, 6.45) is 4.80. The molecule has 1 aromatic rings. The highest BCUT2D eigenvalue weighted by Crippen LogP contribution is 2.31. The lowest BCUT2D eigenvalue weighted by molar-refractivity contribution is 0.222. The lowest BCUT2D eigenvalue weighted by Crippen LogP contribution is -2.16. The summed E-state index contributed by atoms with van der Waals surface area (Å²) in [7, 11) is -3.80. The smallest absolute Gasteiger partial charge is 0.240 e. The van der Waals surface area contributed by atoms with Crippen LogP contribution in [0.3, 0.4) is 0 Å². The largest absolute Gasteiger partial charge is 0.491 e. The van der Waals surface area contributed by atoms with Crippen LogP contribution in [0.4, 0.5) is 5.69 Å². The van der Waals surface area contributed by atoms with Crippen molar-refractivity contribution in [3.05, 3.63) is 18.2 Å². The van der Waals surface area contributed by atoms with E-state index in [2.05, 4.69) is 0 Å². The maximum atomic E-state index is 11.3. The number of primary sulfonamides is 1. The zero-order chi connectivity index (χ0) is 13.2. The summed E-state index contributed by atoms with van der Waals surface area (Å²) in [6.45, 7) is 0.558. The third-order valence-corrected chi connectivity index (χ3v) is 4.31. The van der Waals surface area contributed by atoms with Crippen molar-refractivity contribution in [1.82, 2.24) is 0 Å². The highest BCUT2D eigenvalue weighted by molar-refractivity contribution is 7.89. The molecule has 0 unspecified atom stereocenters. The van der Waals surface area contributed by atoms with Gasteiger partial charge < -0.3 is 10.5 Å². The molecule has 2 rings (SSSR count). The number of sulfonamides is 1. The van der Waals surface area contributed by atoms with Crippen LogP contribution in [-0.4, -0.2) is 15.0 Å². The van der Waals surface area contributed by atoms with Crippen LogP contribution in [0, 0.1) is 5.92 Å². The number of ether oxygens (including phenoxy) is 1. The van der Waals surface area contributed by atoms with Crippen molar-refractivity contribution in [3.8, 4) is 5.75 Å². The summed E-state index contributed by atoms with van der Waals surface area (Å²) in [5.41, 5.74) is 5.84. The fraction of sp³-hybridized carbons (Fsp3) is 0.500. The van der Waals surface area contributed by atoms with E-state index in [-0.39, 0.29) is 10.6 Å². The van der Waals surface area contributed by atoms with Gasteiger partial charge in [-0.15, -0.1) is 0 Å². The molecule has 1 aliphatic rings. The van der Waals surface area contributed by atoms with Crippen LogP contribution in [-0.2, 0) is 10.0 Å². The second-order valence-corrected chi connectivity index (χ2v) is 6.18. The maximum Gasteiger partial charge on any atom is 0.240 e. The Kier molecular flexibility index (Phi) is 3.77. The summed E-state index contributed by atoms with van der Waals surface area (Å²) in [6, 6.07) is 4.61. The van der Waals surface area contributed by atoms with E-state index in [4.69, 9.17) is 15.6 Å². The van der Waals surface area contributed by atoms with Gasteiger partial charge in [0.15, 0.2) is 0 Å². The summed E-state index contributed by atoms with van der Waals surface area (Å²) in [5, 5.41) is 5.07. The van der Waals surface area contributed by atoms with Gasteiger partial charge in [-0.1, -0.05) is 25.3 Å². The van der Waals surface area contributed by atoms with Gasteiger partial charge in [-0.25, -0.2) is 13.6 Å². The summed E-state index contributed by atoms with van der Waals surface area (Å²) >= 11 is 0. The van der Waals surface area contributed by atoms with Crippen LogP contribution in [0.2, 0.25) is 0 Å². The van der Waals surface area contributed by atoms with E-state index >= 15 is 0 Å². The molecule has 0 spiro atoms. The summed E-state index contributed by atoms with van der Waals surface area (Å²) in [5.74, 6) is 1.13. The molecule has 1 aromatic carbocycles. The van der Waals surface area contributed by atoms with Crippen LogP contribution in [0.5, 0.6) is 5.75 Å². The Morgan fingerprint density at radius 1 is 1.33 bits per heavy atom. The van der Waals surface area contributed by atoms with Gasteiger partial charge in [0.05, 0.1) is 12.3 Å². The molecule has 0 aromatic heterocycles. The minimum atomic E-state index is -3.80. The van der Waals surface area contributed by atoms with Gasteiger partial charge in [-0.2, -0.15) is 0 Å². The normalized spacial score (nSPS) is 16.3. The zero-order valence-corrected chi connectivity index (χ0v) is 10.9. The first-order valence-electron chi connectivity index (χ1n) is 6.02. The Morgan fingerprint density at radius 2 is 2.06 bits per heavy atom. The number of hydrogen-bond acceptors (Lipinski definition) is 4. The van der Waals surface area contributed by atoms with Gasteiger partial charge in [-0.05, 0) is 24.5 Å². The molecule has 1 fully saturated rings. The monoisotopic (exact) mass is 270 g/mol. The number of rotatable bonds is 5. The molecule has 0 saturated heterocycles. The molecule has 5 nitrogen and oxygen atoms in total. The van der Waals surface area contributed by atoms with Crippen LogP contribution in [0.15, 0.2) is 23.1 Å². The molecular formula is C12H18N2O3S. The number of nitrogens with two attached hydrogens (primary N) is 2. The molecule has 0 aliphatic heterocycles.